The summed E-state index contributed by atoms with van der Waals surface area (Å²) in [5, 5.41) is 9.15. The maximum absolute atomic E-state index is 12.0. The summed E-state index contributed by atoms with van der Waals surface area (Å²) in [6, 6.07) is 3.00. The molecule has 5 heteroatoms. The van der Waals surface area contributed by atoms with Crippen molar-refractivity contribution in [3.63, 3.8) is 0 Å². The lowest BCUT2D eigenvalue weighted by Crippen LogP contribution is -2.22. The summed E-state index contributed by atoms with van der Waals surface area (Å²) in [5.41, 5.74) is 0.228. The van der Waals surface area contributed by atoms with Gasteiger partial charge in [0.05, 0.1) is 6.26 Å². The van der Waals surface area contributed by atoms with Crippen LogP contribution in [0.3, 0.4) is 0 Å². The molecule has 17 heavy (non-hydrogen) atoms. The Morgan fingerprint density at radius 1 is 1.41 bits per heavy atom. The Kier molecular flexibility index (Phi) is 4.09. The van der Waals surface area contributed by atoms with Crippen LogP contribution in [-0.4, -0.2) is 35.9 Å². The van der Waals surface area contributed by atoms with Crippen molar-refractivity contribution < 1.29 is 19.1 Å². The molecule has 0 aromatic carbocycles. The van der Waals surface area contributed by atoms with E-state index in [1.54, 1.807) is 32.0 Å². The topological polar surface area (TPSA) is 70.7 Å². The van der Waals surface area contributed by atoms with Crippen molar-refractivity contribution in [2.24, 2.45) is 0 Å². The predicted molar refractivity (Wildman–Crippen MR) is 61.7 cm³/mol. The summed E-state index contributed by atoms with van der Waals surface area (Å²) in [5.74, 6) is -1.81. The van der Waals surface area contributed by atoms with E-state index in [1.807, 2.05) is 0 Å². The number of Topliss-reactive ketones (excluding diaryl/α,β-unsaturated/α-hetero) is 1. The summed E-state index contributed by atoms with van der Waals surface area (Å²) >= 11 is 0. The minimum atomic E-state index is -1.24. The van der Waals surface area contributed by atoms with Gasteiger partial charge in [-0.15, -0.1) is 0 Å². The molecular formula is C12H15NO4. The van der Waals surface area contributed by atoms with Crippen LogP contribution in [0.4, 0.5) is 0 Å². The van der Waals surface area contributed by atoms with E-state index in [-0.39, 0.29) is 11.3 Å². The predicted octanol–water partition coefficient (Wildman–Crippen LogP) is 1.77. The molecule has 0 aliphatic rings. The van der Waals surface area contributed by atoms with E-state index in [1.165, 1.54) is 12.3 Å². The average Bonchev–Trinajstić information content (AvgIpc) is 2.76. The third-order valence-electron chi connectivity index (χ3n) is 2.35. The van der Waals surface area contributed by atoms with Gasteiger partial charge >= 0.3 is 5.97 Å². The molecule has 1 N–H and O–H groups in total. The second-order valence-corrected chi connectivity index (χ2v) is 3.68. The van der Waals surface area contributed by atoms with Crippen LogP contribution >= 0.6 is 0 Å². The molecule has 0 unspecified atom stereocenters. The minimum Gasteiger partial charge on any atom is -0.477 e. The number of allylic oxidation sites excluding steroid dienone is 1. The van der Waals surface area contributed by atoms with Crippen LogP contribution in [0.25, 0.3) is 0 Å². The fourth-order valence-corrected chi connectivity index (χ4v) is 1.60. The Morgan fingerprint density at radius 2 is 2.06 bits per heavy atom. The van der Waals surface area contributed by atoms with Gasteiger partial charge in [-0.3, -0.25) is 4.79 Å². The maximum Gasteiger partial charge on any atom is 0.341 e. The molecule has 0 atom stereocenters. The minimum absolute atomic E-state index is 0.0372. The number of carbonyl (C=O) groups is 2. The summed E-state index contributed by atoms with van der Waals surface area (Å²) in [6.07, 6.45) is 1.80. The number of ketones is 1. The van der Waals surface area contributed by atoms with E-state index in [0.29, 0.717) is 12.1 Å². The van der Waals surface area contributed by atoms with Crippen molar-refractivity contribution in [3.8, 4) is 0 Å². The van der Waals surface area contributed by atoms with Crippen LogP contribution in [0.5, 0.6) is 0 Å². The highest BCUT2D eigenvalue weighted by atomic mass is 16.4. The highest BCUT2D eigenvalue weighted by molar-refractivity contribution is 6.23. The van der Waals surface area contributed by atoms with Gasteiger partial charge < -0.3 is 14.4 Å². The van der Waals surface area contributed by atoms with Gasteiger partial charge in [0.25, 0.3) is 0 Å². The standard InChI is InChI=1S/C12H15NO4/c1-4-8(13(2)3)10(12(15)16)11(14)9-6-5-7-17-9/h5-7H,4H2,1-3H3,(H,15,16). The molecule has 0 fully saturated rings. The zero-order chi connectivity index (χ0) is 13.0. The number of rotatable bonds is 5. The summed E-state index contributed by atoms with van der Waals surface area (Å²) < 4.78 is 4.94. The Labute approximate surface area is 99.3 Å². The molecule has 1 heterocycles. The van der Waals surface area contributed by atoms with Crippen molar-refractivity contribution in [1.29, 1.82) is 0 Å². The Balaban J connectivity index is 3.27. The average molecular weight is 237 g/mol. The van der Waals surface area contributed by atoms with Gasteiger partial charge in [-0.25, -0.2) is 4.79 Å². The number of carboxylic acids is 1. The van der Waals surface area contributed by atoms with E-state index in [9.17, 15) is 9.59 Å². The number of hydrogen-bond donors (Lipinski definition) is 1. The summed E-state index contributed by atoms with van der Waals surface area (Å²) in [6.45, 7) is 1.80. The van der Waals surface area contributed by atoms with Crippen molar-refractivity contribution in [2.45, 2.75) is 13.3 Å². The van der Waals surface area contributed by atoms with Crippen LogP contribution in [0, 0.1) is 0 Å². The van der Waals surface area contributed by atoms with Gasteiger partial charge in [0, 0.05) is 19.8 Å². The Morgan fingerprint density at radius 3 is 2.41 bits per heavy atom. The second-order valence-electron chi connectivity index (χ2n) is 3.68. The van der Waals surface area contributed by atoms with E-state index < -0.39 is 11.8 Å². The fraction of sp³-hybridized carbons (Fsp3) is 0.333. The molecule has 5 nitrogen and oxygen atoms in total. The molecule has 0 bridgehead atoms. The van der Waals surface area contributed by atoms with Gasteiger partial charge in [-0.2, -0.15) is 0 Å². The van der Waals surface area contributed by atoms with Gasteiger partial charge in [0.2, 0.25) is 5.78 Å². The van der Waals surface area contributed by atoms with E-state index in [0.717, 1.165) is 0 Å². The van der Waals surface area contributed by atoms with Gasteiger partial charge in [0.1, 0.15) is 5.57 Å². The number of nitrogens with zero attached hydrogens (tertiary/aromatic N) is 1. The van der Waals surface area contributed by atoms with Crippen LogP contribution in [0.2, 0.25) is 0 Å². The lowest BCUT2D eigenvalue weighted by Gasteiger charge is -2.18. The zero-order valence-corrected chi connectivity index (χ0v) is 10.1. The number of carbonyl (C=O) groups excluding carboxylic acids is 1. The zero-order valence-electron chi connectivity index (χ0n) is 10.1. The van der Waals surface area contributed by atoms with Gasteiger partial charge in [-0.1, -0.05) is 6.92 Å². The first-order valence-corrected chi connectivity index (χ1v) is 5.21. The molecule has 0 aliphatic heterocycles. The third-order valence-corrected chi connectivity index (χ3v) is 2.35. The molecule has 1 aromatic rings. The summed E-state index contributed by atoms with van der Waals surface area (Å²) in [4.78, 5) is 24.8. The highest BCUT2D eigenvalue weighted by Crippen LogP contribution is 2.17. The van der Waals surface area contributed by atoms with Crippen molar-refractivity contribution in [2.75, 3.05) is 14.1 Å². The van der Waals surface area contributed by atoms with Crippen LogP contribution in [-0.2, 0) is 4.79 Å². The second kappa shape index (κ2) is 5.34. The molecule has 1 aromatic heterocycles. The maximum atomic E-state index is 12.0. The number of hydrogen-bond acceptors (Lipinski definition) is 4. The molecule has 0 radical (unpaired) electrons. The molecule has 0 saturated carbocycles. The largest absolute Gasteiger partial charge is 0.477 e. The third kappa shape index (κ3) is 2.75. The SMILES string of the molecule is CCC(=C(C(=O)O)C(=O)c1ccco1)N(C)C. The molecule has 0 amide bonds. The number of furan rings is 1. The van der Waals surface area contributed by atoms with Gasteiger partial charge in [0.15, 0.2) is 5.76 Å². The van der Waals surface area contributed by atoms with Gasteiger partial charge in [-0.05, 0) is 18.6 Å². The number of carboxylic acid groups (broad SMARTS) is 1. The van der Waals surface area contributed by atoms with E-state index in [4.69, 9.17) is 9.52 Å². The smallest absolute Gasteiger partial charge is 0.341 e. The Bertz CT molecular complexity index is 443. The first-order valence-electron chi connectivity index (χ1n) is 5.21. The molecule has 92 valence electrons. The van der Waals surface area contributed by atoms with Crippen LogP contribution < -0.4 is 0 Å². The van der Waals surface area contributed by atoms with Crippen molar-refractivity contribution in [3.05, 3.63) is 35.4 Å². The molecule has 0 saturated heterocycles. The molecule has 1 rings (SSSR count). The molecular weight excluding hydrogens is 222 g/mol. The monoisotopic (exact) mass is 237 g/mol. The highest BCUT2D eigenvalue weighted by Gasteiger charge is 2.25. The number of aliphatic carboxylic acids is 1. The fourth-order valence-electron chi connectivity index (χ4n) is 1.60. The molecule has 0 aliphatic carbocycles. The Hall–Kier alpha value is -2.04. The van der Waals surface area contributed by atoms with E-state index >= 15 is 0 Å². The first-order chi connectivity index (χ1) is 7.99. The van der Waals surface area contributed by atoms with E-state index in [2.05, 4.69) is 0 Å². The van der Waals surface area contributed by atoms with Crippen LogP contribution in [0.1, 0.15) is 23.9 Å². The van der Waals surface area contributed by atoms with Crippen LogP contribution in [0.15, 0.2) is 34.1 Å². The quantitative estimate of drug-likeness (QED) is 0.366. The normalized spacial score (nSPS) is 11.9. The molecule has 0 spiro atoms. The lowest BCUT2D eigenvalue weighted by molar-refractivity contribution is -0.132. The van der Waals surface area contributed by atoms with Crippen molar-refractivity contribution >= 4 is 11.8 Å². The summed E-state index contributed by atoms with van der Waals surface area (Å²) in [7, 11) is 3.41. The van der Waals surface area contributed by atoms with Crippen molar-refractivity contribution in [1.82, 2.24) is 4.90 Å². The lowest BCUT2D eigenvalue weighted by atomic mass is 10.0. The first kappa shape index (κ1) is 13.0.